The molecule has 1 aromatic heterocycles. The number of aliphatic hydroxyl groups is 1. The van der Waals surface area contributed by atoms with Crippen LogP contribution < -0.4 is 0 Å². The van der Waals surface area contributed by atoms with Crippen LogP contribution in [0.1, 0.15) is 26.0 Å². The molecular formula is C19H22N4O4S2. The molecule has 0 saturated carbocycles. The van der Waals surface area contributed by atoms with Crippen molar-refractivity contribution in [3.05, 3.63) is 27.8 Å². The molecule has 0 radical (unpaired) electrons. The summed E-state index contributed by atoms with van der Waals surface area (Å²) < 4.78 is 0.736. The van der Waals surface area contributed by atoms with Crippen LogP contribution in [0.2, 0.25) is 0 Å². The van der Waals surface area contributed by atoms with Crippen molar-refractivity contribution in [2.45, 2.75) is 36.8 Å². The van der Waals surface area contributed by atoms with Crippen LogP contribution in [0, 0.1) is 17.2 Å². The molecular weight excluding hydrogens is 412 g/mol. The molecule has 0 aromatic carbocycles. The summed E-state index contributed by atoms with van der Waals surface area (Å²) in [5.74, 6) is -2.19. The van der Waals surface area contributed by atoms with Crippen LogP contribution in [0.15, 0.2) is 26.4 Å². The molecule has 0 bridgehead atoms. The van der Waals surface area contributed by atoms with Crippen molar-refractivity contribution < 1.29 is 19.8 Å². The third-order valence-corrected chi connectivity index (χ3v) is 7.97. The summed E-state index contributed by atoms with van der Waals surface area (Å²) in [5, 5.41) is 28.9. The van der Waals surface area contributed by atoms with E-state index in [2.05, 4.69) is 11.1 Å². The summed E-state index contributed by atoms with van der Waals surface area (Å²) in [6.45, 7) is 4.94. The van der Waals surface area contributed by atoms with E-state index < -0.39 is 18.0 Å². The quantitative estimate of drug-likeness (QED) is 0.356. The summed E-state index contributed by atoms with van der Waals surface area (Å²) >= 11 is 2.76. The van der Waals surface area contributed by atoms with Crippen LogP contribution >= 0.6 is 23.1 Å². The molecule has 1 amide bonds. The highest BCUT2D eigenvalue weighted by molar-refractivity contribution is 8.04. The monoisotopic (exact) mass is 434 g/mol. The lowest BCUT2D eigenvalue weighted by Gasteiger charge is -2.46. The predicted octanol–water partition coefficient (Wildman–Crippen LogP) is 2.09. The first kappa shape index (κ1) is 20.1. The van der Waals surface area contributed by atoms with E-state index in [1.807, 2.05) is 17.2 Å². The predicted molar refractivity (Wildman–Crippen MR) is 111 cm³/mol. The minimum Gasteiger partial charge on any atom is -0.477 e. The van der Waals surface area contributed by atoms with Gasteiger partial charge in [0.15, 0.2) is 4.34 Å². The van der Waals surface area contributed by atoms with Gasteiger partial charge in [0.25, 0.3) is 0 Å². The van der Waals surface area contributed by atoms with Crippen molar-refractivity contribution in [3.8, 4) is 0 Å². The van der Waals surface area contributed by atoms with Gasteiger partial charge < -0.3 is 20.0 Å². The van der Waals surface area contributed by atoms with Crippen molar-refractivity contribution >= 4 is 46.9 Å². The lowest BCUT2D eigenvalue weighted by molar-refractivity contribution is -0.163. The number of β-lactam (4-membered cyclic amide) rings is 1. The molecule has 10 heteroatoms. The van der Waals surface area contributed by atoms with Crippen LogP contribution in [0.5, 0.6) is 0 Å². The molecule has 154 valence electrons. The molecule has 29 heavy (non-hydrogen) atoms. The first-order chi connectivity index (χ1) is 13.8. The van der Waals surface area contributed by atoms with Gasteiger partial charge in [-0.3, -0.25) is 10.2 Å². The Hall–Kier alpha value is -2.17. The maximum Gasteiger partial charge on any atom is 0.353 e. The standard InChI is InChI=1S/C19H22N4O4S2/c1-9-14-13(10(2)24)17(25)23(14)15(18(26)27)16(9)29-19-21-12(7-28-19)11-3-5-22(8-20)6-4-11/h3,7-10,13-14,20,24H,4-6H2,1-2H3,(H,26,27)/t9-,10-,13-,14-/m1/s1. The minimum atomic E-state index is -1.13. The van der Waals surface area contributed by atoms with Crippen LogP contribution in [0.3, 0.4) is 0 Å². The molecule has 8 nitrogen and oxygen atoms in total. The summed E-state index contributed by atoms with van der Waals surface area (Å²) in [4.78, 5) is 32.9. The Labute approximate surface area is 176 Å². The van der Waals surface area contributed by atoms with E-state index in [4.69, 9.17) is 5.41 Å². The molecule has 1 fully saturated rings. The number of carbonyl (C=O) groups excluding carboxylic acids is 1. The molecule has 3 N–H and O–H groups in total. The van der Waals surface area contributed by atoms with Crippen molar-refractivity contribution in [1.82, 2.24) is 14.8 Å². The van der Waals surface area contributed by atoms with E-state index in [0.717, 1.165) is 28.6 Å². The first-order valence-corrected chi connectivity index (χ1v) is 11.1. The zero-order valence-corrected chi connectivity index (χ0v) is 17.7. The Bertz CT molecular complexity index is 938. The number of aromatic nitrogens is 1. The smallest absolute Gasteiger partial charge is 0.353 e. The Morgan fingerprint density at radius 1 is 1.52 bits per heavy atom. The van der Waals surface area contributed by atoms with E-state index in [1.165, 1.54) is 34.3 Å². The van der Waals surface area contributed by atoms with Crippen LogP contribution in [-0.2, 0) is 9.59 Å². The molecule has 1 saturated heterocycles. The summed E-state index contributed by atoms with van der Waals surface area (Å²) in [5.41, 5.74) is 2.03. The van der Waals surface area contributed by atoms with Gasteiger partial charge in [0.05, 0.1) is 30.1 Å². The minimum absolute atomic E-state index is 0.0182. The molecule has 0 unspecified atom stereocenters. The van der Waals surface area contributed by atoms with Gasteiger partial charge in [-0.15, -0.1) is 11.3 Å². The number of nitrogens with zero attached hydrogens (tertiary/aromatic N) is 3. The van der Waals surface area contributed by atoms with Crippen molar-refractivity contribution in [1.29, 1.82) is 5.41 Å². The Morgan fingerprint density at radius 2 is 2.28 bits per heavy atom. The van der Waals surface area contributed by atoms with E-state index in [-0.39, 0.29) is 23.6 Å². The van der Waals surface area contributed by atoms with E-state index in [0.29, 0.717) is 11.4 Å². The normalized spacial score (nSPS) is 27.5. The average molecular weight is 435 g/mol. The van der Waals surface area contributed by atoms with E-state index in [9.17, 15) is 19.8 Å². The van der Waals surface area contributed by atoms with Gasteiger partial charge in [-0.2, -0.15) is 0 Å². The van der Waals surface area contributed by atoms with E-state index in [1.54, 1.807) is 6.92 Å². The summed E-state index contributed by atoms with van der Waals surface area (Å²) in [7, 11) is 0. The Kier molecular flexibility index (Phi) is 5.26. The second-order valence-corrected chi connectivity index (χ2v) is 9.62. The number of hydrogen-bond acceptors (Lipinski definition) is 7. The molecule has 0 spiro atoms. The van der Waals surface area contributed by atoms with Gasteiger partial charge >= 0.3 is 5.97 Å². The number of rotatable bonds is 6. The summed E-state index contributed by atoms with van der Waals surface area (Å²) in [6, 6.07) is -0.316. The van der Waals surface area contributed by atoms with Crippen LogP contribution in [-0.4, -0.2) is 68.4 Å². The number of fused-ring (bicyclic) bond motifs is 1. The van der Waals surface area contributed by atoms with Gasteiger partial charge in [0.1, 0.15) is 5.70 Å². The van der Waals surface area contributed by atoms with Gasteiger partial charge in [-0.05, 0) is 18.9 Å². The second kappa shape index (κ2) is 7.58. The fourth-order valence-electron chi connectivity index (χ4n) is 4.24. The molecule has 3 aliphatic rings. The highest BCUT2D eigenvalue weighted by Gasteiger charge is 2.60. The second-order valence-electron chi connectivity index (χ2n) is 7.48. The number of aliphatic hydroxyl groups excluding tert-OH is 1. The third kappa shape index (κ3) is 3.28. The number of amides is 1. The molecule has 4 atom stereocenters. The average Bonchev–Trinajstić information content (AvgIpc) is 3.24. The zero-order chi connectivity index (χ0) is 20.9. The highest BCUT2D eigenvalue weighted by atomic mass is 32.2. The Balaban J connectivity index is 1.57. The van der Waals surface area contributed by atoms with Crippen LogP contribution in [0.25, 0.3) is 5.57 Å². The third-order valence-electron chi connectivity index (χ3n) is 5.74. The van der Waals surface area contributed by atoms with Crippen LogP contribution in [0.4, 0.5) is 0 Å². The molecule has 4 heterocycles. The lowest BCUT2D eigenvalue weighted by atomic mass is 9.79. The molecule has 4 rings (SSSR count). The topological polar surface area (TPSA) is 118 Å². The first-order valence-electron chi connectivity index (χ1n) is 9.39. The number of nitrogens with one attached hydrogen (secondary N) is 1. The number of thiazole rings is 1. The maximum atomic E-state index is 12.4. The van der Waals surface area contributed by atoms with E-state index >= 15 is 0 Å². The number of thioether (sulfide) groups is 1. The molecule has 1 aromatic rings. The van der Waals surface area contributed by atoms with Gasteiger partial charge in [-0.1, -0.05) is 24.8 Å². The lowest BCUT2D eigenvalue weighted by Crippen LogP contribution is -2.63. The van der Waals surface area contributed by atoms with Gasteiger partial charge in [-0.25, -0.2) is 9.78 Å². The fourth-order valence-corrected chi connectivity index (χ4v) is 6.35. The SMILES string of the molecule is C[C@@H](O)[C@H]1C(=O)N2C(C(=O)O)=C(Sc3nc(C4=CCN(C=N)CC4)cs3)[C@H](C)[C@H]12. The highest BCUT2D eigenvalue weighted by Crippen LogP contribution is 2.52. The maximum absolute atomic E-state index is 12.4. The zero-order valence-electron chi connectivity index (χ0n) is 16.0. The van der Waals surface area contributed by atoms with Crippen molar-refractivity contribution in [3.63, 3.8) is 0 Å². The van der Waals surface area contributed by atoms with Crippen molar-refractivity contribution in [2.24, 2.45) is 11.8 Å². The number of hydrogen-bond donors (Lipinski definition) is 3. The van der Waals surface area contributed by atoms with Crippen molar-refractivity contribution in [2.75, 3.05) is 13.1 Å². The van der Waals surface area contributed by atoms with Gasteiger partial charge in [0.2, 0.25) is 5.91 Å². The summed E-state index contributed by atoms with van der Waals surface area (Å²) in [6.07, 6.45) is 3.40. The fraction of sp³-hybridized carbons (Fsp3) is 0.474. The largest absolute Gasteiger partial charge is 0.477 e. The molecule has 3 aliphatic heterocycles. The molecule has 0 aliphatic carbocycles. The Morgan fingerprint density at radius 3 is 2.86 bits per heavy atom. The number of carboxylic acids is 1. The number of carbonyl (C=O) groups is 2. The number of carboxylic acid groups (broad SMARTS) is 1. The number of aliphatic carboxylic acids is 1. The van der Waals surface area contributed by atoms with Gasteiger partial charge in [0, 0.05) is 29.3 Å².